The van der Waals surface area contributed by atoms with Crippen molar-refractivity contribution in [3.63, 3.8) is 0 Å². The molecule has 2 heterocycles. The Bertz CT molecular complexity index is 3750. The summed E-state index contributed by atoms with van der Waals surface area (Å²) in [5.41, 5.74) is 15.1. The first-order valence-electron chi connectivity index (χ1n) is 23.0. The van der Waals surface area contributed by atoms with Crippen molar-refractivity contribution in [2.45, 2.75) is 31.2 Å². The maximum absolute atomic E-state index is 5.17. The first-order chi connectivity index (χ1) is 32.9. The van der Waals surface area contributed by atoms with E-state index in [4.69, 9.17) is 9.98 Å². The highest BCUT2D eigenvalue weighted by atomic mass is 15.0. The Kier molecular flexibility index (Phi) is 9.54. The van der Waals surface area contributed by atoms with Gasteiger partial charge in [0, 0.05) is 60.2 Å². The van der Waals surface area contributed by atoms with Crippen molar-refractivity contribution >= 4 is 62.0 Å². The van der Waals surface area contributed by atoms with Crippen LogP contribution in [0.1, 0.15) is 63.9 Å². The highest BCUT2D eigenvalue weighted by Crippen LogP contribution is 2.57. The topological polar surface area (TPSA) is 57.8 Å². The molecule has 5 heteroatoms. The molecule has 0 saturated carbocycles. The number of aliphatic imine (C=N–C) groups is 3. The van der Waals surface area contributed by atoms with Crippen LogP contribution >= 0.6 is 0 Å². The standard InChI is InChI=1S/C62H47N5/c1-61(44-26-12-6-13-27-44)52-37-50-48-32-17-19-34-57(48)67(46-30-20-25-43(35-46)60(64-40-41-21-8-4-9-22-41)66-59(63-3)42-23-10-5-11-24-42)58(50)39-54(52)62(2,45-28-14-7-15-29-45)51-36-49-47-31-16-18-33-55(47)65-56(49)38-53(51)61/h4-39,65H,3,40H2,1-2H3/b64-60-,66-59-. The Balaban J connectivity index is 1.14. The molecule has 320 valence electrons. The van der Waals surface area contributed by atoms with E-state index in [0.717, 1.165) is 44.4 Å². The molecular formula is C62H47N5. The number of aromatic nitrogens is 2. The lowest BCUT2D eigenvalue weighted by atomic mass is 9.54. The van der Waals surface area contributed by atoms with E-state index < -0.39 is 10.8 Å². The molecule has 2 unspecified atom stereocenters. The van der Waals surface area contributed by atoms with E-state index >= 15 is 0 Å². The first-order valence-corrected chi connectivity index (χ1v) is 23.0. The van der Waals surface area contributed by atoms with E-state index in [-0.39, 0.29) is 0 Å². The SMILES string of the molecule is C=N/C(=N\C(=N/Cc1ccccc1)c1cccc(-n2c3ccccc3c3cc4c(cc32)C(C)(c2ccccc2)c2cc3c(cc2C4(C)c2ccccc2)[nH]c2ccccc23)c1)c1ccccc1. The monoisotopic (exact) mass is 861 g/mol. The molecule has 0 bridgehead atoms. The van der Waals surface area contributed by atoms with Gasteiger partial charge in [0.1, 0.15) is 0 Å². The van der Waals surface area contributed by atoms with Gasteiger partial charge in [-0.05, 0) is 108 Å². The molecule has 0 fully saturated rings. The second kappa shape index (κ2) is 15.9. The molecule has 0 aliphatic heterocycles. The maximum Gasteiger partial charge on any atom is 0.161 e. The van der Waals surface area contributed by atoms with Crippen molar-refractivity contribution in [2.24, 2.45) is 15.0 Å². The number of nitrogens with one attached hydrogen (secondary N) is 1. The van der Waals surface area contributed by atoms with Crippen LogP contribution in [0.15, 0.2) is 233 Å². The van der Waals surface area contributed by atoms with Crippen LogP contribution in [0.3, 0.4) is 0 Å². The van der Waals surface area contributed by atoms with E-state index in [1.807, 2.05) is 48.5 Å². The molecule has 9 aromatic carbocycles. The molecular weight excluding hydrogens is 815 g/mol. The number of rotatable bonds is 7. The summed E-state index contributed by atoms with van der Waals surface area (Å²) in [6, 6.07) is 78.6. The normalized spacial score (nSPS) is 17.2. The van der Waals surface area contributed by atoms with E-state index in [1.54, 1.807) is 0 Å². The molecule has 11 aromatic rings. The number of H-pyrrole nitrogens is 1. The molecule has 12 rings (SSSR count). The number of benzene rings is 9. The smallest absolute Gasteiger partial charge is 0.161 e. The van der Waals surface area contributed by atoms with Crippen molar-refractivity contribution < 1.29 is 0 Å². The fourth-order valence-corrected chi connectivity index (χ4v) is 10.9. The Morgan fingerprint density at radius 2 is 1.01 bits per heavy atom. The van der Waals surface area contributed by atoms with Gasteiger partial charge in [-0.15, -0.1) is 0 Å². The molecule has 67 heavy (non-hydrogen) atoms. The van der Waals surface area contributed by atoms with Gasteiger partial charge in [-0.25, -0.2) is 9.98 Å². The minimum atomic E-state index is -0.526. The third kappa shape index (κ3) is 6.41. The van der Waals surface area contributed by atoms with Crippen LogP contribution in [0.4, 0.5) is 0 Å². The Morgan fingerprint density at radius 3 is 1.70 bits per heavy atom. The third-order valence-electron chi connectivity index (χ3n) is 14.3. The maximum atomic E-state index is 5.17. The van der Waals surface area contributed by atoms with Gasteiger partial charge in [-0.2, -0.15) is 0 Å². The number of nitrogens with zero attached hydrogens (tertiary/aromatic N) is 4. The lowest BCUT2D eigenvalue weighted by Gasteiger charge is -2.47. The van der Waals surface area contributed by atoms with Crippen LogP contribution in [0, 0.1) is 0 Å². The highest BCUT2D eigenvalue weighted by molar-refractivity contribution is 6.14. The number of aromatic amines is 1. The fraction of sp³-hybridized carbons (Fsp3) is 0.0806. The summed E-state index contributed by atoms with van der Waals surface area (Å²) in [7, 11) is 0. The van der Waals surface area contributed by atoms with Crippen molar-refractivity contribution in [1.29, 1.82) is 0 Å². The summed E-state index contributed by atoms with van der Waals surface area (Å²) in [5.74, 6) is 1.11. The molecule has 0 spiro atoms. The van der Waals surface area contributed by atoms with Crippen LogP contribution in [-0.4, -0.2) is 27.9 Å². The molecule has 0 amide bonds. The zero-order valence-electron chi connectivity index (χ0n) is 37.5. The third-order valence-corrected chi connectivity index (χ3v) is 14.3. The van der Waals surface area contributed by atoms with Gasteiger partial charge < -0.3 is 9.55 Å². The number of hydrogen-bond acceptors (Lipinski definition) is 1. The second-order valence-corrected chi connectivity index (χ2v) is 18.0. The zero-order chi connectivity index (χ0) is 45.1. The van der Waals surface area contributed by atoms with Gasteiger partial charge in [-0.3, -0.25) is 4.99 Å². The average molecular weight is 862 g/mol. The highest BCUT2D eigenvalue weighted by Gasteiger charge is 2.49. The molecule has 2 atom stereocenters. The summed E-state index contributed by atoms with van der Waals surface area (Å²) in [6.45, 7) is 9.27. The molecule has 1 aliphatic rings. The van der Waals surface area contributed by atoms with Gasteiger partial charge in [0.25, 0.3) is 0 Å². The van der Waals surface area contributed by atoms with E-state index in [0.29, 0.717) is 18.2 Å². The van der Waals surface area contributed by atoms with Crippen molar-refractivity contribution in [1.82, 2.24) is 9.55 Å². The summed E-state index contributed by atoms with van der Waals surface area (Å²) < 4.78 is 2.43. The lowest BCUT2D eigenvalue weighted by molar-refractivity contribution is 0.570. The summed E-state index contributed by atoms with van der Waals surface area (Å²) >= 11 is 0. The van der Waals surface area contributed by atoms with Gasteiger partial charge in [0.05, 0.1) is 17.6 Å². The Labute approximate surface area is 390 Å². The lowest BCUT2D eigenvalue weighted by Crippen LogP contribution is -2.41. The van der Waals surface area contributed by atoms with Gasteiger partial charge >= 0.3 is 0 Å². The molecule has 1 N–H and O–H groups in total. The quantitative estimate of drug-likeness (QED) is 0.123. The predicted octanol–water partition coefficient (Wildman–Crippen LogP) is 14.5. The molecule has 1 aliphatic carbocycles. The van der Waals surface area contributed by atoms with Crippen LogP contribution in [-0.2, 0) is 17.4 Å². The van der Waals surface area contributed by atoms with Crippen LogP contribution in [0.25, 0.3) is 49.3 Å². The summed E-state index contributed by atoms with van der Waals surface area (Å²) in [5, 5.41) is 4.86. The second-order valence-electron chi connectivity index (χ2n) is 18.0. The van der Waals surface area contributed by atoms with Crippen molar-refractivity contribution in [3.8, 4) is 5.69 Å². The van der Waals surface area contributed by atoms with Crippen LogP contribution < -0.4 is 0 Å². The fourth-order valence-electron chi connectivity index (χ4n) is 10.9. The first kappa shape index (κ1) is 40.1. The minimum Gasteiger partial charge on any atom is -0.355 e. The molecule has 5 nitrogen and oxygen atoms in total. The van der Waals surface area contributed by atoms with Gasteiger partial charge in [0.15, 0.2) is 11.7 Å². The number of amidine groups is 2. The minimum absolute atomic E-state index is 0.467. The largest absolute Gasteiger partial charge is 0.355 e. The van der Waals surface area contributed by atoms with E-state index in [1.165, 1.54) is 54.9 Å². The van der Waals surface area contributed by atoms with Crippen molar-refractivity contribution in [2.75, 3.05) is 0 Å². The molecule has 0 radical (unpaired) electrons. The van der Waals surface area contributed by atoms with E-state index in [9.17, 15) is 0 Å². The number of fused-ring (bicyclic) bond motifs is 8. The Morgan fingerprint density at radius 1 is 0.463 bits per heavy atom. The summed E-state index contributed by atoms with van der Waals surface area (Å²) in [6.07, 6.45) is 0. The van der Waals surface area contributed by atoms with Gasteiger partial charge in [0.2, 0.25) is 0 Å². The van der Waals surface area contributed by atoms with Crippen LogP contribution in [0.2, 0.25) is 0 Å². The van der Waals surface area contributed by atoms with E-state index in [2.05, 4.69) is 205 Å². The number of hydrogen-bond donors (Lipinski definition) is 1. The number of para-hydroxylation sites is 2. The van der Waals surface area contributed by atoms with Gasteiger partial charge in [-0.1, -0.05) is 170 Å². The molecule has 2 aromatic heterocycles. The van der Waals surface area contributed by atoms with Crippen LogP contribution in [0.5, 0.6) is 0 Å². The molecule has 0 saturated heterocycles. The van der Waals surface area contributed by atoms with Crippen molar-refractivity contribution in [3.05, 3.63) is 268 Å². The average Bonchev–Trinajstić information content (AvgIpc) is 3.93. The predicted molar refractivity (Wildman–Crippen MR) is 280 cm³/mol. The summed E-state index contributed by atoms with van der Waals surface area (Å²) in [4.78, 5) is 18.5. The Hall–Kier alpha value is -8.41. The zero-order valence-corrected chi connectivity index (χ0v) is 37.5.